The number of ether oxygens (including phenoxy) is 1. The van der Waals surface area contributed by atoms with Gasteiger partial charge in [-0.15, -0.1) is 0 Å². The van der Waals surface area contributed by atoms with Crippen molar-refractivity contribution in [1.82, 2.24) is 24.4 Å². The first-order chi connectivity index (χ1) is 20.1. The van der Waals surface area contributed by atoms with Crippen molar-refractivity contribution < 1.29 is 13.9 Å². The summed E-state index contributed by atoms with van der Waals surface area (Å²) in [6, 6.07) is 12.8. The summed E-state index contributed by atoms with van der Waals surface area (Å²) < 4.78 is 23.2. The van der Waals surface area contributed by atoms with Gasteiger partial charge in [-0.2, -0.15) is 4.98 Å². The fourth-order valence-corrected chi connectivity index (χ4v) is 6.24. The standard InChI is InChI=1S/C31H35FN8O2/c1-31(2,3)42-30(41)39-21-10-11-22(39)17-38(16-21)24-12-9-20(14-23(24)32)35-29-34-15-19-13-25(18-7-8-18)40(28(19)37-29)27-6-4-5-26(33)36-27/h4-6,9,12-15,18,21-22H,7-8,10-11,16-17H2,1-3H3,(H2,33,36)(H,34,35,37). The number of carbonyl (C=O) groups excluding carboxylic acids is 1. The maximum Gasteiger partial charge on any atom is 0.410 e. The molecule has 1 aromatic carbocycles. The first-order valence-electron chi connectivity index (χ1n) is 14.6. The molecule has 42 heavy (non-hydrogen) atoms. The number of carbonyl (C=O) groups is 1. The Bertz CT molecular complexity index is 1660. The Hall–Kier alpha value is -4.41. The molecule has 1 aliphatic carbocycles. The van der Waals surface area contributed by atoms with Crippen molar-refractivity contribution in [3.05, 3.63) is 60.2 Å². The number of amides is 1. The molecule has 1 saturated carbocycles. The van der Waals surface area contributed by atoms with Gasteiger partial charge in [0.05, 0.1) is 17.8 Å². The number of aromatic nitrogens is 4. The maximum absolute atomic E-state index is 15.5. The Balaban J connectivity index is 1.11. The van der Waals surface area contributed by atoms with Gasteiger partial charge in [0.1, 0.15) is 23.1 Å². The average molecular weight is 571 g/mol. The number of hydrogen-bond donors (Lipinski definition) is 2. The smallest absolute Gasteiger partial charge is 0.410 e. The highest BCUT2D eigenvalue weighted by Gasteiger charge is 2.44. The van der Waals surface area contributed by atoms with E-state index in [2.05, 4.69) is 21.4 Å². The number of nitrogens with zero attached hydrogens (tertiary/aromatic N) is 6. The zero-order chi connectivity index (χ0) is 29.2. The van der Waals surface area contributed by atoms with Gasteiger partial charge in [0, 0.05) is 36.1 Å². The lowest BCUT2D eigenvalue weighted by Gasteiger charge is -2.42. The van der Waals surface area contributed by atoms with Crippen LogP contribution in [0.3, 0.4) is 0 Å². The third-order valence-electron chi connectivity index (χ3n) is 8.18. The number of benzene rings is 1. The number of fused-ring (bicyclic) bond motifs is 3. The van der Waals surface area contributed by atoms with E-state index in [0.717, 1.165) is 42.4 Å². The number of halogens is 1. The molecule has 2 saturated heterocycles. The van der Waals surface area contributed by atoms with Crippen molar-refractivity contribution in [3.63, 3.8) is 0 Å². The first-order valence-corrected chi connectivity index (χ1v) is 14.6. The van der Waals surface area contributed by atoms with Crippen LogP contribution < -0.4 is 16.0 Å². The Morgan fingerprint density at radius 1 is 1.05 bits per heavy atom. The molecule has 0 spiro atoms. The Kier molecular flexibility index (Phi) is 6.21. The second-order valence-corrected chi connectivity index (χ2v) is 12.5. The molecule has 5 heterocycles. The van der Waals surface area contributed by atoms with Crippen molar-refractivity contribution in [3.8, 4) is 5.82 Å². The van der Waals surface area contributed by atoms with Crippen LogP contribution in [0.15, 0.2) is 48.7 Å². The van der Waals surface area contributed by atoms with E-state index in [-0.39, 0.29) is 24.0 Å². The number of rotatable bonds is 5. The summed E-state index contributed by atoms with van der Waals surface area (Å²) in [5.74, 6) is 1.64. The Morgan fingerprint density at radius 3 is 2.48 bits per heavy atom. The van der Waals surface area contributed by atoms with Gasteiger partial charge in [-0.05, 0) is 88.8 Å². The number of hydrogen-bond acceptors (Lipinski definition) is 8. The molecule has 7 rings (SSSR count). The summed E-state index contributed by atoms with van der Waals surface area (Å²) in [5.41, 5.74) is 8.38. The molecule has 3 aromatic heterocycles. The monoisotopic (exact) mass is 570 g/mol. The number of nitrogen functional groups attached to an aromatic ring is 1. The summed E-state index contributed by atoms with van der Waals surface area (Å²) in [4.78, 5) is 30.6. The molecule has 11 heteroatoms. The van der Waals surface area contributed by atoms with Gasteiger partial charge in [0.15, 0.2) is 5.65 Å². The zero-order valence-corrected chi connectivity index (χ0v) is 24.0. The topological polar surface area (TPSA) is 114 Å². The lowest BCUT2D eigenvalue weighted by Crippen LogP contribution is -2.57. The van der Waals surface area contributed by atoms with Crippen molar-refractivity contribution in [2.24, 2.45) is 0 Å². The largest absolute Gasteiger partial charge is 0.444 e. The highest BCUT2D eigenvalue weighted by Crippen LogP contribution is 2.43. The molecule has 1 amide bonds. The molecule has 3 aliphatic rings. The quantitative estimate of drug-likeness (QED) is 0.312. The second-order valence-electron chi connectivity index (χ2n) is 12.5. The zero-order valence-electron chi connectivity index (χ0n) is 24.0. The molecule has 0 radical (unpaired) electrons. The predicted molar refractivity (Wildman–Crippen MR) is 160 cm³/mol. The lowest BCUT2D eigenvalue weighted by atomic mass is 10.1. The van der Waals surface area contributed by atoms with Crippen LogP contribution in [0.25, 0.3) is 16.9 Å². The fraction of sp³-hybridized carbons (Fsp3) is 0.419. The van der Waals surface area contributed by atoms with Crippen LogP contribution in [0.4, 0.5) is 32.3 Å². The second kappa shape index (κ2) is 9.85. The van der Waals surface area contributed by atoms with Gasteiger partial charge in [0.25, 0.3) is 0 Å². The maximum atomic E-state index is 15.5. The van der Waals surface area contributed by atoms with Gasteiger partial charge in [-0.3, -0.25) is 9.47 Å². The summed E-state index contributed by atoms with van der Waals surface area (Å²) in [7, 11) is 0. The summed E-state index contributed by atoms with van der Waals surface area (Å²) >= 11 is 0. The van der Waals surface area contributed by atoms with Crippen LogP contribution in [-0.4, -0.2) is 61.3 Å². The highest BCUT2D eigenvalue weighted by molar-refractivity contribution is 5.80. The van der Waals surface area contributed by atoms with Crippen LogP contribution >= 0.6 is 0 Å². The van der Waals surface area contributed by atoms with E-state index in [0.29, 0.717) is 48.0 Å². The summed E-state index contributed by atoms with van der Waals surface area (Å²) in [6.45, 7) is 6.75. The van der Waals surface area contributed by atoms with Crippen molar-refractivity contribution in [2.75, 3.05) is 29.0 Å². The minimum Gasteiger partial charge on any atom is -0.444 e. The molecular formula is C31H35FN8O2. The normalized spacial score (nSPS) is 20.3. The highest BCUT2D eigenvalue weighted by atomic mass is 19.1. The molecule has 3 N–H and O–H groups in total. The molecule has 4 aromatic rings. The number of anilines is 4. The van der Waals surface area contributed by atoms with Gasteiger partial charge in [-0.1, -0.05) is 6.07 Å². The van der Waals surface area contributed by atoms with Gasteiger partial charge in [0.2, 0.25) is 5.95 Å². The molecule has 2 bridgehead atoms. The summed E-state index contributed by atoms with van der Waals surface area (Å²) in [5, 5.41) is 4.09. The van der Waals surface area contributed by atoms with Gasteiger partial charge in [-0.25, -0.2) is 19.2 Å². The molecule has 2 aliphatic heterocycles. The van der Waals surface area contributed by atoms with Crippen LogP contribution in [0.1, 0.15) is 58.1 Å². The SMILES string of the molecule is CC(C)(C)OC(=O)N1C2CCC1CN(c1ccc(Nc3ncc4cc(C5CC5)n(-c5cccc(N)n5)c4n3)cc1F)C2. The minimum absolute atomic E-state index is 0.00200. The number of nitrogens with two attached hydrogens (primary N) is 1. The minimum atomic E-state index is -0.550. The molecular weight excluding hydrogens is 535 g/mol. The van der Waals surface area contributed by atoms with E-state index in [1.165, 1.54) is 6.07 Å². The molecule has 2 unspecified atom stereocenters. The van der Waals surface area contributed by atoms with Gasteiger partial charge >= 0.3 is 6.09 Å². The number of piperazine rings is 1. The predicted octanol–water partition coefficient (Wildman–Crippen LogP) is 5.75. The number of pyridine rings is 1. The van der Waals surface area contributed by atoms with Crippen LogP contribution in [-0.2, 0) is 4.74 Å². The van der Waals surface area contributed by atoms with Crippen molar-refractivity contribution in [2.45, 2.75) is 70.1 Å². The third-order valence-corrected chi connectivity index (χ3v) is 8.18. The first kappa shape index (κ1) is 26.5. The van der Waals surface area contributed by atoms with E-state index in [4.69, 9.17) is 15.5 Å². The van der Waals surface area contributed by atoms with E-state index < -0.39 is 5.60 Å². The van der Waals surface area contributed by atoms with Gasteiger partial charge < -0.3 is 20.7 Å². The van der Waals surface area contributed by atoms with Crippen LogP contribution in [0.2, 0.25) is 0 Å². The molecule has 2 atom stereocenters. The third kappa shape index (κ3) is 4.97. The van der Waals surface area contributed by atoms with E-state index in [9.17, 15) is 4.79 Å². The average Bonchev–Trinajstić information content (AvgIpc) is 3.65. The van der Waals surface area contributed by atoms with E-state index >= 15 is 4.39 Å². The fourth-order valence-electron chi connectivity index (χ4n) is 6.24. The van der Waals surface area contributed by atoms with Crippen molar-refractivity contribution in [1.29, 1.82) is 0 Å². The Morgan fingerprint density at radius 2 is 1.81 bits per heavy atom. The molecule has 218 valence electrons. The lowest BCUT2D eigenvalue weighted by molar-refractivity contribution is 0.0123. The Labute approximate surface area is 243 Å². The van der Waals surface area contributed by atoms with Crippen molar-refractivity contribution >= 4 is 40.3 Å². The number of nitrogens with one attached hydrogen (secondary N) is 1. The summed E-state index contributed by atoms with van der Waals surface area (Å²) in [6.07, 6.45) is 5.52. The van der Waals surface area contributed by atoms with Crippen LogP contribution in [0, 0.1) is 5.82 Å². The van der Waals surface area contributed by atoms with Crippen LogP contribution in [0.5, 0.6) is 0 Å². The molecule has 10 nitrogen and oxygen atoms in total. The molecule has 3 fully saturated rings. The van der Waals surface area contributed by atoms with E-state index in [1.807, 2.05) is 53.3 Å². The van der Waals surface area contributed by atoms with E-state index in [1.54, 1.807) is 18.3 Å².